The number of hydrogen-bond donors (Lipinski definition) is 1. The van der Waals surface area contributed by atoms with Crippen molar-refractivity contribution in [2.75, 3.05) is 38.1 Å². The van der Waals surface area contributed by atoms with E-state index < -0.39 is 6.04 Å². The first-order valence-corrected chi connectivity index (χ1v) is 11.7. The molecule has 1 fully saturated rings. The zero-order valence-corrected chi connectivity index (χ0v) is 19.5. The molecule has 0 aromatic heterocycles. The molecule has 2 unspecified atom stereocenters. The van der Waals surface area contributed by atoms with Gasteiger partial charge in [0.05, 0.1) is 6.04 Å². The Morgan fingerprint density at radius 3 is 1.67 bits per heavy atom. The fraction of sp³-hybridized carbons (Fsp3) is 0.321. The maximum Gasteiger partial charge on any atom is 0.245 e. The van der Waals surface area contributed by atoms with E-state index in [4.69, 9.17) is 5.73 Å². The van der Waals surface area contributed by atoms with Crippen LogP contribution in [0.4, 0.5) is 5.69 Å². The third-order valence-corrected chi connectivity index (χ3v) is 6.80. The smallest absolute Gasteiger partial charge is 0.245 e. The summed E-state index contributed by atoms with van der Waals surface area (Å²) in [4.78, 5) is 19.6. The average Bonchev–Trinajstić information content (AvgIpc) is 2.89. The van der Waals surface area contributed by atoms with E-state index in [0.29, 0.717) is 0 Å². The summed E-state index contributed by atoms with van der Waals surface area (Å²) < 4.78 is 0. The van der Waals surface area contributed by atoms with E-state index in [0.717, 1.165) is 31.9 Å². The summed E-state index contributed by atoms with van der Waals surface area (Å²) in [5.74, 6) is -0.0532. The Kier molecular flexibility index (Phi) is 7.55. The number of nitrogens with two attached hydrogens (primary N) is 1. The quantitative estimate of drug-likeness (QED) is 0.605. The van der Waals surface area contributed by atoms with Crippen LogP contribution in [0.1, 0.15) is 24.1 Å². The van der Waals surface area contributed by atoms with Crippen LogP contribution in [-0.2, 0) is 4.79 Å². The molecule has 1 aliphatic rings. The van der Waals surface area contributed by atoms with Crippen molar-refractivity contribution >= 4 is 11.6 Å². The fourth-order valence-corrected chi connectivity index (χ4v) is 4.72. The van der Waals surface area contributed by atoms with Crippen LogP contribution in [0.5, 0.6) is 0 Å². The first kappa shape index (κ1) is 23.2. The van der Waals surface area contributed by atoms with E-state index in [1.807, 2.05) is 30.3 Å². The maximum atomic E-state index is 13.0. The van der Waals surface area contributed by atoms with Gasteiger partial charge in [0.2, 0.25) is 5.91 Å². The molecule has 1 heterocycles. The summed E-state index contributed by atoms with van der Waals surface area (Å²) in [5.41, 5.74) is 9.94. The predicted octanol–water partition coefficient (Wildman–Crippen LogP) is 3.77. The zero-order chi connectivity index (χ0) is 23.2. The lowest BCUT2D eigenvalue weighted by molar-refractivity contribution is -0.121. The number of rotatable bonds is 7. The van der Waals surface area contributed by atoms with Crippen LogP contribution in [0.2, 0.25) is 0 Å². The van der Waals surface area contributed by atoms with Gasteiger partial charge in [-0.2, -0.15) is 0 Å². The molecule has 1 saturated heterocycles. The van der Waals surface area contributed by atoms with Gasteiger partial charge in [-0.3, -0.25) is 14.6 Å². The van der Waals surface area contributed by atoms with Crippen molar-refractivity contribution in [3.63, 3.8) is 0 Å². The number of hydrogen-bond acceptors (Lipinski definition) is 4. The molecule has 1 aliphatic heterocycles. The topological polar surface area (TPSA) is 52.8 Å². The molecule has 2 atom stereocenters. The monoisotopic (exact) mass is 442 g/mol. The molecule has 3 aromatic rings. The highest BCUT2D eigenvalue weighted by atomic mass is 16.2. The molecule has 0 saturated carbocycles. The molecule has 2 N–H and O–H groups in total. The largest absolute Gasteiger partial charge is 0.319 e. The number of carbonyl (C=O) groups excluding carboxylic acids is 1. The van der Waals surface area contributed by atoms with Crippen LogP contribution in [-0.4, -0.2) is 61.0 Å². The van der Waals surface area contributed by atoms with E-state index in [2.05, 4.69) is 77.4 Å². The van der Waals surface area contributed by atoms with Crippen molar-refractivity contribution in [2.45, 2.75) is 25.0 Å². The molecule has 1 amide bonds. The lowest BCUT2D eigenvalue weighted by atomic mass is 9.96. The van der Waals surface area contributed by atoms with E-state index in [1.165, 1.54) is 11.1 Å². The van der Waals surface area contributed by atoms with Gasteiger partial charge in [0.15, 0.2) is 0 Å². The van der Waals surface area contributed by atoms with Gasteiger partial charge in [0.25, 0.3) is 0 Å². The van der Waals surface area contributed by atoms with Crippen molar-refractivity contribution in [3.05, 3.63) is 102 Å². The van der Waals surface area contributed by atoms with Crippen LogP contribution in [0.15, 0.2) is 91.0 Å². The predicted molar refractivity (Wildman–Crippen MR) is 135 cm³/mol. The van der Waals surface area contributed by atoms with Gasteiger partial charge in [-0.15, -0.1) is 0 Å². The summed E-state index contributed by atoms with van der Waals surface area (Å²) in [7, 11) is 1.80. The Morgan fingerprint density at radius 2 is 1.18 bits per heavy atom. The van der Waals surface area contributed by atoms with Crippen LogP contribution >= 0.6 is 0 Å². The molecule has 33 heavy (non-hydrogen) atoms. The Balaban J connectivity index is 1.42. The van der Waals surface area contributed by atoms with Gasteiger partial charge in [-0.1, -0.05) is 78.9 Å². The Labute approximate surface area is 197 Å². The first-order chi connectivity index (χ1) is 16.1. The zero-order valence-electron chi connectivity index (χ0n) is 19.5. The molecule has 0 radical (unpaired) electrons. The molecule has 0 bridgehead atoms. The van der Waals surface area contributed by atoms with Crippen LogP contribution in [0.25, 0.3) is 0 Å². The number of benzene rings is 3. The van der Waals surface area contributed by atoms with Gasteiger partial charge >= 0.3 is 0 Å². The molecule has 3 aromatic carbocycles. The van der Waals surface area contributed by atoms with E-state index in [9.17, 15) is 4.79 Å². The van der Waals surface area contributed by atoms with Crippen molar-refractivity contribution in [3.8, 4) is 0 Å². The van der Waals surface area contributed by atoms with Crippen molar-refractivity contribution in [1.82, 2.24) is 9.80 Å². The molecular weight excluding hydrogens is 408 g/mol. The lowest BCUT2D eigenvalue weighted by Gasteiger charge is -2.43. The minimum atomic E-state index is -0.569. The van der Waals surface area contributed by atoms with Crippen LogP contribution in [0, 0.1) is 0 Å². The Morgan fingerprint density at radius 1 is 0.758 bits per heavy atom. The summed E-state index contributed by atoms with van der Waals surface area (Å²) in [6.07, 6.45) is 0. The van der Waals surface area contributed by atoms with Crippen LogP contribution in [0.3, 0.4) is 0 Å². The Bertz CT molecular complexity index is 964. The summed E-state index contributed by atoms with van der Waals surface area (Å²) in [6.45, 7) is 5.69. The van der Waals surface area contributed by atoms with E-state index in [1.54, 1.807) is 11.9 Å². The van der Waals surface area contributed by atoms with Gasteiger partial charge in [0, 0.05) is 45.0 Å². The minimum absolute atomic E-state index is 0.0299. The number of anilines is 1. The first-order valence-electron chi connectivity index (χ1n) is 11.7. The second kappa shape index (κ2) is 10.8. The number of nitrogens with zero attached hydrogens (tertiary/aromatic N) is 3. The number of likely N-dealkylation sites (N-methyl/N-ethyl adjacent to an activating group) is 1. The van der Waals surface area contributed by atoms with Crippen molar-refractivity contribution < 1.29 is 4.79 Å². The summed E-state index contributed by atoms with van der Waals surface area (Å²) >= 11 is 0. The van der Waals surface area contributed by atoms with Gasteiger partial charge in [-0.05, 0) is 30.2 Å². The summed E-state index contributed by atoms with van der Waals surface area (Å²) in [5, 5.41) is 0. The highest BCUT2D eigenvalue weighted by Gasteiger charge is 2.33. The van der Waals surface area contributed by atoms with Gasteiger partial charge in [0.1, 0.15) is 6.04 Å². The van der Waals surface area contributed by atoms with Crippen molar-refractivity contribution in [2.24, 2.45) is 5.73 Å². The average molecular weight is 443 g/mol. The summed E-state index contributed by atoms with van der Waals surface area (Å²) in [6, 6.07) is 30.7. The van der Waals surface area contributed by atoms with Crippen LogP contribution < -0.4 is 10.6 Å². The SMILES string of the molecule is CC(C(N)C(=O)N(C)c1ccccc1)N1CCN(C(c2ccccc2)c2ccccc2)CC1. The van der Waals surface area contributed by atoms with Crippen molar-refractivity contribution in [1.29, 1.82) is 0 Å². The van der Waals surface area contributed by atoms with E-state index >= 15 is 0 Å². The number of para-hydroxylation sites is 1. The lowest BCUT2D eigenvalue weighted by Crippen LogP contribution is -2.59. The molecule has 5 nitrogen and oxygen atoms in total. The third-order valence-electron chi connectivity index (χ3n) is 6.80. The minimum Gasteiger partial charge on any atom is -0.319 e. The second-order valence-electron chi connectivity index (χ2n) is 8.80. The highest BCUT2D eigenvalue weighted by molar-refractivity contribution is 5.97. The standard InChI is InChI=1S/C28H34N4O/c1-22(26(29)28(33)30(2)25-16-10-5-11-17-25)31-18-20-32(21-19-31)27(23-12-6-3-7-13-23)24-14-8-4-9-15-24/h3-17,22,26-27H,18-21,29H2,1-2H3. The van der Waals surface area contributed by atoms with Gasteiger partial charge < -0.3 is 10.6 Å². The maximum absolute atomic E-state index is 13.0. The van der Waals surface area contributed by atoms with E-state index in [-0.39, 0.29) is 18.0 Å². The molecule has 172 valence electrons. The second-order valence-corrected chi connectivity index (χ2v) is 8.80. The molecule has 0 aliphatic carbocycles. The van der Waals surface area contributed by atoms with Gasteiger partial charge in [-0.25, -0.2) is 0 Å². The highest BCUT2D eigenvalue weighted by Crippen LogP contribution is 2.30. The molecule has 0 spiro atoms. The molecule has 5 heteroatoms. The number of carbonyl (C=O) groups is 1. The Hall–Kier alpha value is -2.99. The number of amides is 1. The third kappa shape index (κ3) is 5.33. The molecule has 4 rings (SSSR count). The number of piperazine rings is 1. The normalized spacial score (nSPS) is 17.0. The fourth-order valence-electron chi connectivity index (χ4n) is 4.72. The molecular formula is C28H34N4O.